The van der Waals surface area contributed by atoms with Gasteiger partial charge in [0.15, 0.2) is 0 Å². The summed E-state index contributed by atoms with van der Waals surface area (Å²) in [5.74, 6) is -16.1. The molecule has 0 unspecified atom stereocenters. The van der Waals surface area contributed by atoms with Gasteiger partial charge in [-0.05, 0) is 127 Å². The zero-order valence-corrected chi connectivity index (χ0v) is 78.0. The maximum atomic E-state index is 15.9. The van der Waals surface area contributed by atoms with Crippen LogP contribution in [0.1, 0.15) is 140 Å². The van der Waals surface area contributed by atoms with Crippen molar-refractivity contribution in [2.75, 3.05) is 58.8 Å². The number of nitrogens with one attached hydrogen (secondary N) is 12. The molecule has 10 rings (SSSR count). The van der Waals surface area contributed by atoms with E-state index in [0.29, 0.717) is 64.5 Å². The number of hydrogen-bond donors (Lipinski definition) is 16. The van der Waals surface area contributed by atoms with Gasteiger partial charge in [0.1, 0.15) is 90.0 Å². The number of rotatable bonds is 23. The van der Waals surface area contributed by atoms with Crippen LogP contribution in [-0.4, -0.2) is 287 Å². The maximum Gasteiger partial charge on any atom is 0.246 e. The molecular formula is C93H122N20O19S2. The summed E-state index contributed by atoms with van der Waals surface area (Å²) in [6.45, 7) is 7.09. The van der Waals surface area contributed by atoms with Gasteiger partial charge in [-0.1, -0.05) is 114 Å². The van der Waals surface area contributed by atoms with E-state index in [1.807, 2.05) is 69.5 Å². The van der Waals surface area contributed by atoms with Crippen molar-refractivity contribution in [2.45, 2.75) is 222 Å². The molecule has 3 aromatic heterocycles. The number of nitrogens with zero attached hydrogens (tertiary/aromatic N) is 6. The highest BCUT2D eigenvalue weighted by Gasteiger charge is 2.45. The van der Waals surface area contributed by atoms with Crippen LogP contribution in [0.4, 0.5) is 0 Å². The molecule has 3 saturated heterocycles. The Labute approximate surface area is 783 Å². The van der Waals surface area contributed by atoms with Crippen molar-refractivity contribution in [2.24, 2.45) is 17.4 Å². The molecule has 3 aliphatic heterocycles. The molecule has 0 bridgehead atoms. The molecule has 18 N–H and O–H groups in total. The van der Waals surface area contributed by atoms with E-state index in [2.05, 4.69) is 68.1 Å². The first-order valence-corrected chi connectivity index (χ1v) is 47.1. The smallest absolute Gasteiger partial charge is 0.246 e. The number of thiophene rings is 1. The fraction of sp³-hybridized carbons (Fsp3) is 0.484. The number of aromatic amines is 2. The molecule has 7 aromatic rings. The van der Waals surface area contributed by atoms with Crippen LogP contribution in [0, 0.1) is 5.92 Å². The zero-order chi connectivity index (χ0) is 97.1. The van der Waals surface area contributed by atoms with E-state index in [-0.39, 0.29) is 113 Å². The van der Waals surface area contributed by atoms with E-state index in [4.69, 9.17) is 11.5 Å². The average molecular weight is 1890 g/mol. The summed E-state index contributed by atoms with van der Waals surface area (Å²) in [5.41, 5.74) is 14.2. The third-order valence-corrected chi connectivity index (χ3v) is 26.2. The lowest BCUT2D eigenvalue weighted by Crippen LogP contribution is -2.61. The molecule has 0 spiro atoms. The van der Waals surface area contributed by atoms with Crippen LogP contribution in [0.2, 0.25) is 0 Å². The Kier molecular flexibility index (Phi) is 37.4. The molecule has 0 radical (unpaired) electrons. The van der Waals surface area contributed by atoms with Crippen LogP contribution in [0.15, 0.2) is 121 Å². The number of unbranched alkanes of at least 4 members (excludes halogenated alkanes) is 2. The molecule has 39 nitrogen and oxygen atoms in total. The molecule has 0 saturated carbocycles. The van der Waals surface area contributed by atoms with Crippen molar-refractivity contribution >= 4 is 145 Å². The van der Waals surface area contributed by atoms with Crippen LogP contribution in [0.5, 0.6) is 11.5 Å². The maximum absolute atomic E-state index is 15.9. The molecule has 134 heavy (non-hydrogen) atoms. The first-order chi connectivity index (χ1) is 64.0. The number of aromatic hydroxyl groups is 2. The molecule has 4 aromatic carbocycles. The Bertz CT molecular complexity index is 5360. The minimum atomic E-state index is -1.75. The van der Waals surface area contributed by atoms with Crippen molar-refractivity contribution in [1.29, 1.82) is 0 Å². The topological polar surface area (TPSA) is 564 Å². The monoisotopic (exact) mass is 1890 g/mol. The number of amides is 17. The standard InChI is InChI=1S/C93H122N20O19S2/c1-9-11-22-72-86(125)99-47-79(118)102-71(82(121)98-46-78(95)117)49-133-50-80(119)101-68(39-55-29-33-60(115)34-30-55)89(128)109(6)53(5)81(120)106-70(43-77(94)116)92(131)113-36-18-25-74(113)88(127)105-66(42-58-45-96-51-100-58)85(124)107-67(37-52(3)4)91(130)112-35-17-24-73(112)87(126)104-65(40-56-44-97-63-21-15-13-19-61(56)63)84(123)103-64(38-54-27-31-59(114)32-28-54)83(122)108-69(41-57-48-134-76-26-16-14-20-62(57)76)90(129)111(8)75(23-12-10-2)93(132)110(72)7/h13-16,19-21,26-34,44-45,48,51-53,64-75,97,114-115H,9-12,17-18,22-25,35-43,46-47,49-50H2,1-8H3,(H2,94,116)(H2,95,117)(H,96,100)(H,98,121)(H,99,125)(H,101,119)(H,102,118)(H,103,123)(H,104,126)(H,105,127)(H,106,120)(H,107,124)(H,108,122)/t53-,64-,65-,66-,67-,68-,69-,70-,71-,72-,73-,74-,75-/m0/s1. The largest absolute Gasteiger partial charge is 0.508 e. The summed E-state index contributed by atoms with van der Waals surface area (Å²) in [6, 6.07) is 7.21. The number of H-pyrrole nitrogens is 2. The predicted octanol–water partition coefficient (Wildman–Crippen LogP) is 1.16. The Morgan fingerprint density at radius 3 is 1.63 bits per heavy atom. The van der Waals surface area contributed by atoms with Gasteiger partial charge in [-0.3, -0.25) is 81.5 Å². The lowest BCUT2D eigenvalue weighted by molar-refractivity contribution is -0.149. The van der Waals surface area contributed by atoms with Crippen LogP contribution in [0.3, 0.4) is 0 Å². The van der Waals surface area contributed by atoms with E-state index in [1.165, 1.54) is 115 Å². The van der Waals surface area contributed by atoms with Crippen LogP contribution >= 0.6 is 23.1 Å². The first-order valence-electron chi connectivity index (χ1n) is 45.1. The molecule has 720 valence electrons. The SMILES string of the molecule is CCCC[C@H]1C(=O)N(C)[C@@H](CCCC)C(=O)NCC(=O)N[C@H](C(=O)NCC(N)=O)CSCC(=O)N[C@@H](Cc2ccc(O)cc2)C(=O)N(C)[C@@H](C)C(=O)N[C@@H](CC(N)=O)C(=O)N2CCC[C@H]2C(=O)N[C@@H](Cc2cnc[nH]2)C(=O)N[C@@H](CC(C)C)C(=O)N2CCC[C@H]2C(=O)N[C@@H](Cc2c[nH]c3ccccc23)C(=O)N[C@@H](Cc2ccc(O)cc2)C(=O)N[C@@H](Cc2csc3ccccc23)C(=O)N1C. The summed E-state index contributed by atoms with van der Waals surface area (Å²) in [4.78, 5) is 266. The molecule has 0 aliphatic carbocycles. The summed E-state index contributed by atoms with van der Waals surface area (Å²) in [7, 11) is 4.03. The number of imidazole rings is 1. The van der Waals surface area contributed by atoms with Gasteiger partial charge in [0.25, 0.3) is 0 Å². The molecule has 41 heteroatoms. The molecule has 6 heterocycles. The number of para-hydroxylation sites is 1. The second-order valence-electron chi connectivity index (χ2n) is 34.6. The number of likely N-dealkylation sites (N-methyl/N-ethyl adjacent to an activating group) is 3. The van der Waals surface area contributed by atoms with E-state index < -0.39 is 204 Å². The van der Waals surface area contributed by atoms with Gasteiger partial charge < -0.3 is 109 Å². The third kappa shape index (κ3) is 28.1. The van der Waals surface area contributed by atoms with E-state index in [0.717, 1.165) is 31.6 Å². The number of aromatic nitrogens is 3. The van der Waals surface area contributed by atoms with Crippen LogP contribution in [0.25, 0.3) is 21.0 Å². The van der Waals surface area contributed by atoms with Crippen molar-refractivity contribution < 1.29 is 91.7 Å². The van der Waals surface area contributed by atoms with Gasteiger partial charge in [-0.2, -0.15) is 0 Å². The second kappa shape index (κ2) is 48.8. The highest BCUT2D eigenvalue weighted by atomic mass is 32.2. The Morgan fingerprint density at radius 2 is 1.04 bits per heavy atom. The number of primary amides is 2. The summed E-state index contributed by atoms with van der Waals surface area (Å²) in [6.07, 6.45) is 5.03. The highest BCUT2D eigenvalue weighted by Crippen LogP contribution is 2.30. The Balaban J connectivity index is 1.01. The number of fused-ring (bicyclic) bond motifs is 4. The van der Waals surface area contributed by atoms with Crippen molar-refractivity contribution in [3.63, 3.8) is 0 Å². The van der Waals surface area contributed by atoms with Gasteiger partial charge in [0, 0.05) is 106 Å². The lowest BCUT2D eigenvalue weighted by atomic mass is 9.99. The number of carbonyl (C=O) groups is 17. The first kappa shape index (κ1) is 103. The van der Waals surface area contributed by atoms with Gasteiger partial charge in [-0.15, -0.1) is 23.1 Å². The number of benzene rings is 4. The number of carbonyl (C=O) groups excluding carboxylic acids is 17. The number of nitrogens with two attached hydrogens (primary N) is 2. The Morgan fingerprint density at radius 1 is 0.522 bits per heavy atom. The van der Waals surface area contributed by atoms with Gasteiger partial charge >= 0.3 is 0 Å². The second-order valence-corrected chi connectivity index (χ2v) is 36.5. The number of phenolic OH excluding ortho intramolecular Hbond substituents is 2. The normalized spacial score (nSPS) is 23.8. The van der Waals surface area contributed by atoms with Gasteiger partial charge in [0.2, 0.25) is 100 Å². The quantitative estimate of drug-likeness (QED) is 0.0427. The van der Waals surface area contributed by atoms with Gasteiger partial charge in [-0.25, -0.2) is 4.98 Å². The van der Waals surface area contributed by atoms with Crippen molar-refractivity contribution in [3.05, 3.63) is 149 Å². The van der Waals surface area contributed by atoms with Gasteiger partial charge in [0.05, 0.1) is 31.6 Å². The van der Waals surface area contributed by atoms with Crippen LogP contribution in [-0.2, 0) is 114 Å². The number of thioether (sulfide) groups is 1. The average Bonchev–Trinajstić information content (AvgIpc) is 1.57. The van der Waals surface area contributed by atoms with E-state index >= 15 is 33.6 Å². The number of hydrogen-bond acceptors (Lipinski definition) is 22. The fourth-order valence-electron chi connectivity index (χ4n) is 16.8. The highest BCUT2D eigenvalue weighted by molar-refractivity contribution is 8.00. The Hall–Kier alpha value is -13.5. The van der Waals surface area contributed by atoms with Crippen LogP contribution < -0.4 is 64.6 Å². The summed E-state index contributed by atoms with van der Waals surface area (Å²) >= 11 is 2.18. The molecule has 13 atom stereocenters. The third-order valence-electron chi connectivity index (χ3n) is 24.2. The van der Waals surface area contributed by atoms with Crippen molar-refractivity contribution in [1.82, 2.24) is 92.6 Å². The zero-order valence-electron chi connectivity index (χ0n) is 76.4. The summed E-state index contributed by atoms with van der Waals surface area (Å²) < 4.78 is 0.851. The molecule has 3 aliphatic rings. The van der Waals surface area contributed by atoms with Crippen molar-refractivity contribution in [3.8, 4) is 11.5 Å². The van der Waals surface area contributed by atoms with E-state index in [9.17, 15) is 58.2 Å². The predicted molar refractivity (Wildman–Crippen MR) is 499 cm³/mol. The lowest BCUT2D eigenvalue weighted by Gasteiger charge is -2.36. The molecule has 3 fully saturated rings. The minimum Gasteiger partial charge on any atom is -0.508 e. The van der Waals surface area contributed by atoms with E-state index in [1.54, 1.807) is 18.3 Å². The number of phenols is 2. The fourth-order valence-corrected chi connectivity index (χ4v) is 18.6. The summed E-state index contributed by atoms with van der Waals surface area (Å²) in [5, 5.41) is 51.1. The molecular weight excluding hydrogens is 1770 g/mol. The minimum absolute atomic E-state index is 0.00406. The molecule has 17 amide bonds.